The summed E-state index contributed by atoms with van der Waals surface area (Å²) < 4.78 is 28.5. The molecule has 0 amide bonds. The minimum absolute atomic E-state index is 0.208. The lowest BCUT2D eigenvalue weighted by Crippen LogP contribution is -2.61. The first-order chi connectivity index (χ1) is 18.5. The van der Waals surface area contributed by atoms with E-state index in [0.29, 0.717) is 15.7 Å². The maximum Gasteiger partial charge on any atom is 0.303 e. The van der Waals surface area contributed by atoms with Gasteiger partial charge in [0.15, 0.2) is 29.6 Å². The van der Waals surface area contributed by atoms with Crippen LogP contribution in [0.4, 0.5) is 0 Å². The Bertz CT molecular complexity index is 1390. The average Bonchev–Trinajstić information content (AvgIpc) is 3.45. The molecule has 2 aromatic heterocycles. The van der Waals surface area contributed by atoms with Crippen LogP contribution in [0.2, 0.25) is 5.02 Å². The Morgan fingerprint density at radius 3 is 2.26 bits per heavy atom. The molecule has 1 aromatic carbocycles. The molecule has 15 heteroatoms. The molecule has 1 saturated heterocycles. The number of H-pyrrole nitrogens is 1. The van der Waals surface area contributed by atoms with Crippen LogP contribution < -0.4 is 0 Å². The molecule has 5 atom stereocenters. The monoisotopic (exact) mass is 597 g/mol. The van der Waals surface area contributed by atoms with Crippen LogP contribution >= 0.6 is 34.7 Å². The standard InChI is InChI=1S/C24H24ClN3O9S2/c1-10(29)33-9-15-18(34-11(2)30)19(35-12(3)31)20(36-13(4)32)23(37-15)39-24-26-22(27-28-24)21-17(25)14-7-5-6-8-16(14)38-21/h5-8,15,18-20,23H,9H2,1-4H3,(H,26,27,28)/t15-,18+,19+,20-,23+/m1/s1. The van der Waals surface area contributed by atoms with Gasteiger partial charge in [-0.2, -0.15) is 0 Å². The second-order valence-corrected chi connectivity index (χ2v) is 10.9. The van der Waals surface area contributed by atoms with Gasteiger partial charge in [-0.25, -0.2) is 4.98 Å². The third-order valence-electron chi connectivity index (χ3n) is 5.38. The van der Waals surface area contributed by atoms with Gasteiger partial charge >= 0.3 is 23.9 Å². The molecule has 0 bridgehead atoms. The zero-order valence-corrected chi connectivity index (χ0v) is 23.6. The number of fused-ring (bicyclic) bond motifs is 1. The summed E-state index contributed by atoms with van der Waals surface area (Å²) in [6.07, 6.45) is -4.82. The van der Waals surface area contributed by atoms with Gasteiger partial charge in [0.05, 0.1) is 9.90 Å². The number of aromatic amines is 1. The predicted molar refractivity (Wildman–Crippen MR) is 140 cm³/mol. The molecule has 208 valence electrons. The van der Waals surface area contributed by atoms with E-state index in [2.05, 4.69) is 15.2 Å². The molecule has 1 fully saturated rings. The summed E-state index contributed by atoms with van der Waals surface area (Å²) in [7, 11) is 0. The van der Waals surface area contributed by atoms with Crippen LogP contribution in [0.3, 0.4) is 0 Å². The van der Waals surface area contributed by atoms with Gasteiger partial charge in [-0.15, -0.1) is 16.4 Å². The van der Waals surface area contributed by atoms with Crippen molar-refractivity contribution in [3.05, 3.63) is 29.3 Å². The molecule has 0 radical (unpaired) electrons. The maximum absolute atomic E-state index is 12.0. The number of nitrogens with zero attached hydrogens (tertiary/aromatic N) is 2. The number of thiophene rings is 1. The lowest BCUT2D eigenvalue weighted by molar-refractivity contribution is -0.237. The molecule has 1 N–H and O–H groups in total. The van der Waals surface area contributed by atoms with Crippen molar-refractivity contribution in [2.75, 3.05) is 6.61 Å². The number of halogens is 1. The number of rotatable bonds is 8. The summed E-state index contributed by atoms with van der Waals surface area (Å²) in [6.45, 7) is 4.36. The van der Waals surface area contributed by atoms with Crippen molar-refractivity contribution in [3.8, 4) is 10.7 Å². The lowest BCUT2D eigenvalue weighted by Gasteiger charge is -2.43. The fourth-order valence-corrected chi connectivity index (χ4v) is 6.41. The second kappa shape index (κ2) is 12.3. The molecule has 0 saturated carbocycles. The fraction of sp³-hybridized carbons (Fsp3) is 0.417. The zero-order valence-electron chi connectivity index (χ0n) is 21.2. The molecule has 39 heavy (non-hydrogen) atoms. The number of carbonyl (C=O) groups is 4. The van der Waals surface area contributed by atoms with E-state index in [1.165, 1.54) is 25.2 Å². The Balaban J connectivity index is 1.66. The molecule has 3 aromatic rings. The summed E-state index contributed by atoms with van der Waals surface area (Å²) in [5.74, 6) is -2.31. The van der Waals surface area contributed by atoms with Gasteiger partial charge < -0.3 is 23.7 Å². The number of carbonyl (C=O) groups excluding carboxylic acids is 4. The van der Waals surface area contributed by atoms with E-state index in [9.17, 15) is 19.2 Å². The van der Waals surface area contributed by atoms with E-state index in [0.717, 1.165) is 35.7 Å². The molecule has 4 rings (SSSR count). The van der Waals surface area contributed by atoms with Gasteiger partial charge in [0.1, 0.15) is 12.7 Å². The second-order valence-electron chi connectivity index (χ2n) is 8.39. The molecule has 3 heterocycles. The third kappa shape index (κ3) is 6.87. The van der Waals surface area contributed by atoms with Gasteiger partial charge in [0.25, 0.3) is 0 Å². The number of benzene rings is 1. The number of esters is 4. The number of aromatic nitrogens is 3. The number of ether oxygens (including phenoxy) is 5. The number of hydrogen-bond acceptors (Lipinski definition) is 13. The number of hydrogen-bond donors (Lipinski definition) is 1. The highest BCUT2D eigenvalue weighted by atomic mass is 35.5. The van der Waals surface area contributed by atoms with Gasteiger partial charge in [0, 0.05) is 37.8 Å². The SMILES string of the molecule is CC(=O)OC[C@H]1O[C@@H](Sc2n[nH]c(-c3sc4ccccc4c3Cl)n2)[C@H](OC(C)=O)[C@@H](OC(C)=O)[C@H]1OC(C)=O. The number of nitrogens with one attached hydrogen (secondary N) is 1. The van der Waals surface area contributed by atoms with Gasteiger partial charge in [-0.1, -0.05) is 29.8 Å². The van der Waals surface area contributed by atoms with Crippen LogP contribution in [-0.2, 0) is 42.9 Å². The van der Waals surface area contributed by atoms with Crippen molar-refractivity contribution >= 4 is 68.7 Å². The van der Waals surface area contributed by atoms with Crippen molar-refractivity contribution in [3.63, 3.8) is 0 Å². The summed E-state index contributed by atoms with van der Waals surface area (Å²) in [5, 5.41) is 8.71. The van der Waals surface area contributed by atoms with E-state index in [1.54, 1.807) is 0 Å². The van der Waals surface area contributed by atoms with E-state index in [-0.39, 0.29) is 11.8 Å². The molecular formula is C24H24ClN3O9S2. The Labute approximate surface area is 235 Å². The van der Waals surface area contributed by atoms with Gasteiger partial charge in [-0.05, 0) is 17.8 Å². The first-order valence-electron chi connectivity index (χ1n) is 11.6. The van der Waals surface area contributed by atoms with Crippen molar-refractivity contribution < 1.29 is 42.9 Å². The van der Waals surface area contributed by atoms with Crippen molar-refractivity contribution in [2.45, 2.75) is 62.7 Å². The Morgan fingerprint density at radius 2 is 1.62 bits per heavy atom. The summed E-state index contributed by atoms with van der Waals surface area (Å²) >= 11 is 8.99. The van der Waals surface area contributed by atoms with Crippen LogP contribution in [0.15, 0.2) is 29.4 Å². The van der Waals surface area contributed by atoms with E-state index in [1.807, 2.05) is 24.3 Å². The number of thioether (sulfide) groups is 1. The average molecular weight is 598 g/mol. The van der Waals surface area contributed by atoms with Crippen molar-refractivity contribution in [1.29, 1.82) is 0 Å². The largest absolute Gasteiger partial charge is 0.463 e. The van der Waals surface area contributed by atoms with Crippen LogP contribution in [0.25, 0.3) is 20.8 Å². The summed E-state index contributed by atoms with van der Waals surface area (Å²) in [6, 6.07) is 7.64. The van der Waals surface area contributed by atoms with Crippen LogP contribution in [-0.4, -0.2) is 75.5 Å². The molecule has 0 spiro atoms. The predicted octanol–water partition coefficient (Wildman–Crippen LogP) is 3.52. The quantitative estimate of drug-likeness (QED) is 0.298. The Hall–Kier alpha value is -3.20. The molecule has 0 unspecified atom stereocenters. The minimum atomic E-state index is -1.28. The summed E-state index contributed by atoms with van der Waals surface area (Å²) in [4.78, 5) is 52.6. The summed E-state index contributed by atoms with van der Waals surface area (Å²) in [5.41, 5.74) is -1.05. The molecule has 12 nitrogen and oxygen atoms in total. The van der Waals surface area contributed by atoms with Crippen molar-refractivity contribution in [2.24, 2.45) is 0 Å². The highest BCUT2D eigenvalue weighted by Crippen LogP contribution is 2.42. The van der Waals surface area contributed by atoms with Crippen LogP contribution in [0, 0.1) is 0 Å². The van der Waals surface area contributed by atoms with E-state index >= 15 is 0 Å². The van der Waals surface area contributed by atoms with Gasteiger partial charge in [-0.3, -0.25) is 24.3 Å². The Morgan fingerprint density at radius 1 is 0.974 bits per heavy atom. The first-order valence-corrected chi connectivity index (χ1v) is 13.7. The minimum Gasteiger partial charge on any atom is -0.463 e. The van der Waals surface area contributed by atoms with E-state index < -0.39 is 53.7 Å². The fourth-order valence-electron chi connectivity index (χ4n) is 3.95. The molecule has 0 aliphatic carbocycles. The highest BCUT2D eigenvalue weighted by molar-refractivity contribution is 7.99. The zero-order chi connectivity index (χ0) is 28.3. The van der Waals surface area contributed by atoms with Crippen LogP contribution in [0.1, 0.15) is 27.7 Å². The lowest BCUT2D eigenvalue weighted by atomic mass is 9.99. The highest BCUT2D eigenvalue weighted by Gasteiger charge is 2.52. The molecular weight excluding hydrogens is 574 g/mol. The van der Waals surface area contributed by atoms with E-state index in [4.69, 9.17) is 35.3 Å². The third-order valence-corrected chi connectivity index (χ3v) is 8.07. The topological polar surface area (TPSA) is 156 Å². The molecule has 1 aliphatic heterocycles. The van der Waals surface area contributed by atoms with Crippen molar-refractivity contribution in [1.82, 2.24) is 15.2 Å². The smallest absolute Gasteiger partial charge is 0.303 e. The van der Waals surface area contributed by atoms with Gasteiger partial charge in [0.2, 0.25) is 5.16 Å². The first kappa shape index (κ1) is 28.8. The molecule has 1 aliphatic rings. The maximum atomic E-state index is 12.0. The Kier molecular flexibility index (Phi) is 9.10. The van der Waals surface area contributed by atoms with Crippen LogP contribution in [0.5, 0.6) is 0 Å². The normalized spacial score (nSPS) is 22.7.